The number of aromatic nitrogens is 4. The first kappa shape index (κ1) is 17.4. The normalized spacial score (nSPS) is 20.9. The summed E-state index contributed by atoms with van der Waals surface area (Å²) in [5.74, 6) is 0.628. The molecule has 2 aromatic rings. The highest BCUT2D eigenvalue weighted by Gasteiger charge is 2.27. The van der Waals surface area contributed by atoms with Crippen molar-refractivity contribution in [3.63, 3.8) is 0 Å². The Balaban J connectivity index is 1.62. The molecule has 0 bridgehead atoms. The summed E-state index contributed by atoms with van der Waals surface area (Å²) in [5.41, 5.74) is 0.280. The first-order chi connectivity index (χ1) is 11.9. The van der Waals surface area contributed by atoms with Gasteiger partial charge in [-0.15, -0.1) is 5.10 Å². The lowest BCUT2D eigenvalue weighted by Crippen LogP contribution is -2.41. The van der Waals surface area contributed by atoms with E-state index in [2.05, 4.69) is 20.4 Å². The quantitative estimate of drug-likeness (QED) is 0.924. The third-order valence-electron chi connectivity index (χ3n) is 4.14. The molecule has 0 aliphatic heterocycles. The number of nitrogens with zero attached hydrogens (tertiary/aromatic N) is 4. The molecule has 2 aromatic heterocycles. The van der Waals surface area contributed by atoms with Gasteiger partial charge in [0.25, 0.3) is 0 Å². The van der Waals surface area contributed by atoms with Crippen LogP contribution >= 0.6 is 0 Å². The number of carbonyl (C=O) groups excluding carboxylic acids is 1. The lowest BCUT2D eigenvalue weighted by molar-refractivity contribution is 0.0485. The monoisotopic (exact) mass is 343 g/mol. The van der Waals surface area contributed by atoms with Gasteiger partial charge in [-0.3, -0.25) is 4.98 Å². The van der Waals surface area contributed by atoms with E-state index in [0.717, 1.165) is 31.4 Å². The fourth-order valence-corrected chi connectivity index (χ4v) is 3.07. The second-order valence-corrected chi connectivity index (χ2v) is 7.43. The summed E-state index contributed by atoms with van der Waals surface area (Å²) in [6.45, 7) is 5.60. The number of rotatable bonds is 3. The van der Waals surface area contributed by atoms with E-state index in [4.69, 9.17) is 4.74 Å². The predicted molar refractivity (Wildman–Crippen MR) is 93.9 cm³/mol. The van der Waals surface area contributed by atoms with Gasteiger partial charge >= 0.3 is 6.09 Å². The van der Waals surface area contributed by atoms with Gasteiger partial charge in [0.1, 0.15) is 17.6 Å². The van der Waals surface area contributed by atoms with Crippen molar-refractivity contribution in [1.29, 1.82) is 0 Å². The van der Waals surface area contributed by atoms with Crippen molar-refractivity contribution in [2.45, 2.75) is 64.1 Å². The lowest BCUT2D eigenvalue weighted by atomic mass is 9.91. The smallest absolute Gasteiger partial charge is 0.407 e. The molecular weight excluding hydrogens is 318 g/mol. The third kappa shape index (κ3) is 4.78. The summed E-state index contributed by atoms with van der Waals surface area (Å²) >= 11 is 0. The molecule has 134 valence electrons. The summed E-state index contributed by atoms with van der Waals surface area (Å²) in [6.07, 6.45) is 6.97. The van der Waals surface area contributed by atoms with Crippen molar-refractivity contribution in [3.05, 3.63) is 30.7 Å². The number of alkyl carbamates (subject to hydrolysis) is 1. The van der Waals surface area contributed by atoms with Crippen molar-refractivity contribution in [2.75, 3.05) is 0 Å². The van der Waals surface area contributed by atoms with Gasteiger partial charge in [0.15, 0.2) is 5.82 Å². The van der Waals surface area contributed by atoms with E-state index in [9.17, 15) is 4.79 Å². The topological polar surface area (TPSA) is 81.9 Å². The molecular formula is C18H25N5O2. The first-order valence-electron chi connectivity index (χ1n) is 8.73. The standard InChI is InChI=1S/C18H25N5O2/c1-18(2,3)25-17(24)21-13-7-6-8-14(11-13)23-12-20-16(22-23)15-9-4-5-10-19-15/h4-5,9-10,12-14H,6-8,11H2,1-3H3,(H,21,24)/t13-,14+/m0/s1. The van der Waals surface area contributed by atoms with E-state index >= 15 is 0 Å². The van der Waals surface area contributed by atoms with Crippen LogP contribution in [-0.4, -0.2) is 37.5 Å². The van der Waals surface area contributed by atoms with Crippen LogP contribution < -0.4 is 5.32 Å². The third-order valence-corrected chi connectivity index (χ3v) is 4.14. The largest absolute Gasteiger partial charge is 0.444 e. The Bertz CT molecular complexity index is 708. The van der Waals surface area contributed by atoms with E-state index in [-0.39, 0.29) is 18.2 Å². The molecule has 1 saturated carbocycles. The Morgan fingerprint density at radius 1 is 1.28 bits per heavy atom. The van der Waals surface area contributed by atoms with Gasteiger partial charge in [-0.2, -0.15) is 0 Å². The predicted octanol–water partition coefficient (Wildman–Crippen LogP) is 3.35. The Kier molecular flexibility index (Phi) is 5.01. The summed E-state index contributed by atoms with van der Waals surface area (Å²) in [5, 5.41) is 7.55. The zero-order valence-electron chi connectivity index (χ0n) is 15.0. The SMILES string of the molecule is CC(C)(C)OC(=O)N[C@H]1CCC[C@@H](n2cnc(-c3ccccn3)n2)C1. The minimum Gasteiger partial charge on any atom is -0.444 e. The van der Waals surface area contributed by atoms with Gasteiger partial charge in [-0.25, -0.2) is 14.5 Å². The van der Waals surface area contributed by atoms with Gasteiger partial charge in [0, 0.05) is 12.2 Å². The molecule has 7 heteroatoms. The molecule has 0 radical (unpaired) electrons. The average Bonchev–Trinajstić information content (AvgIpc) is 3.04. The zero-order chi connectivity index (χ0) is 17.9. The van der Waals surface area contributed by atoms with Crippen LogP contribution in [0, 0.1) is 0 Å². The molecule has 1 amide bonds. The highest BCUT2D eigenvalue weighted by molar-refractivity contribution is 5.68. The summed E-state index contributed by atoms with van der Waals surface area (Å²) in [7, 11) is 0. The molecule has 0 spiro atoms. The number of hydrogen-bond donors (Lipinski definition) is 1. The summed E-state index contributed by atoms with van der Waals surface area (Å²) in [6, 6.07) is 6.00. The Morgan fingerprint density at radius 2 is 2.12 bits per heavy atom. The maximum absolute atomic E-state index is 12.0. The van der Waals surface area contributed by atoms with Crippen molar-refractivity contribution in [1.82, 2.24) is 25.1 Å². The van der Waals surface area contributed by atoms with Crippen molar-refractivity contribution in [2.24, 2.45) is 0 Å². The van der Waals surface area contributed by atoms with E-state index in [1.807, 2.05) is 43.7 Å². The minimum absolute atomic E-state index is 0.0936. The fourth-order valence-electron chi connectivity index (χ4n) is 3.07. The number of carbonyl (C=O) groups is 1. The van der Waals surface area contributed by atoms with Crippen molar-refractivity contribution in [3.8, 4) is 11.5 Å². The van der Waals surface area contributed by atoms with E-state index < -0.39 is 5.60 Å². The van der Waals surface area contributed by atoms with Crippen molar-refractivity contribution < 1.29 is 9.53 Å². The summed E-state index contributed by atoms with van der Waals surface area (Å²) < 4.78 is 7.25. The molecule has 2 atom stereocenters. The van der Waals surface area contributed by atoms with Gasteiger partial charge < -0.3 is 10.1 Å². The van der Waals surface area contributed by atoms with Gasteiger partial charge in [-0.1, -0.05) is 6.07 Å². The van der Waals surface area contributed by atoms with Crippen molar-refractivity contribution >= 4 is 6.09 Å². The van der Waals surface area contributed by atoms with Crippen LogP contribution in [0.2, 0.25) is 0 Å². The number of pyridine rings is 1. The number of amides is 1. The van der Waals surface area contributed by atoms with Gasteiger partial charge in [0.05, 0.1) is 6.04 Å². The lowest BCUT2D eigenvalue weighted by Gasteiger charge is -2.30. The second-order valence-electron chi connectivity index (χ2n) is 7.43. The molecule has 1 aliphatic rings. The Labute approximate surface area is 147 Å². The van der Waals surface area contributed by atoms with Gasteiger partial charge in [-0.05, 0) is 58.6 Å². The van der Waals surface area contributed by atoms with Crippen LogP contribution in [-0.2, 0) is 4.74 Å². The summed E-state index contributed by atoms with van der Waals surface area (Å²) in [4.78, 5) is 20.6. The highest BCUT2D eigenvalue weighted by atomic mass is 16.6. The molecule has 7 nitrogen and oxygen atoms in total. The molecule has 0 unspecified atom stereocenters. The maximum atomic E-state index is 12.0. The average molecular weight is 343 g/mol. The van der Waals surface area contributed by atoms with E-state index in [1.54, 1.807) is 12.5 Å². The van der Waals surface area contributed by atoms with Gasteiger partial charge in [0.2, 0.25) is 0 Å². The second kappa shape index (κ2) is 7.21. The first-order valence-corrected chi connectivity index (χ1v) is 8.73. The van der Waals surface area contributed by atoms with E-state index in [0.29, 0.717) is 5.82 Å². The minimum atomic E-state index is -0.484. The molecule has 25 heavy (non-hydrogen) atoms. The molecule has 0 aromatic carbocycles. The maximum Gasteiger partial charge on any atom is 0.407 e. The number of ether oxygens (including phenoxy) is 1. The van der Waals surface area contributed by atoms with Crippen LogP contribution in [0.15, 0.2) is 30.7 Å². The molecule has 3 rings (SSSR count). The molecule has 2 heterocycles. The van der Waals surface area contributed by atoms with Crippen LogP contribution in [0.1, 0.15) is 52.5 Å². The van der Waals surface area contributed by atoms with Crippen LogP contribution in [0.25, 0.3) is 11.5 Å². The molecule has 1 aliphatic carbocycles. The Hall–Kier alpha value is -2.44. The molecule has 1 N–H and O–H groups in total. The number of hydrogen-bond acceptors (Lipinski definition) is 5. The zero-order valence-corrected chi connectivity index (χ0v) is 15.0. The van der Waals surface area contributed by atoms with Crippen LogP contribution in [0.4, 0.5) is 4.79 Å². The molecule has 0 saturated heterocycles. The number of nitrogens with one attached hydrogen (secondary N) is 1. The highest BCUT2D eigenvalue weighted by Crippen LogP contribution is 2.28. The van der Waals surface area contributed by atoms with Crippen LogP contribution in [0.3, 0.4) is 0 Å². The van der Waals surface area contributed by atoms with Crippen LogP contribution in [0.5, 0.6) is 0 Å². The van der Waals surface area contributed by atoms with E-state index in [1.165, 1.54) is 0 Å². The fraction of sp³-hybridized carbons (Fsp3) is 0.556. The Morgan fingerprint density at radius 3 is 2.84 bits per heavy atom. The molecule has 1 fully saturated rings.